The molecule has 0 aliphatic heterocycles. The van der Waals surface area contributed by atoms with E-state index in [0.717, 1.165) is 6.42 Å². The highest BCUT2D eigenvalue weighted by atomic mass is 16.5. The predicted molar refractivity (Wildman–Crippen MR) is 50.9 cm³/mol. The lowest BCUT2D eigenvalue weighted by Gasteiger charge is -2.06. The molecule has 0 radical (unpaired) electrons. The summed E-state index contributed by atoms with van der Waals surface area (Å²) in [6.45, 7) is 2.59. The van der Waals surface area contributed by atoms with Gasteiger partial charge in [-0.25, -0.2) is 0 Å². The molecule has 0 aliphatic carbocycles. The van der Waals surface area contributed by atoms with Crippen LogP contribution in [0.25, 0.3) is 0 Å². The first-order chi connectivity index (χ1) is 6.80. The van der Waals surface area contributed by atoms with Crippen LogP contribution in [0.3, 0.4) is 0 Å². The summed E-state index contributed by atoms with van der Waals surface area (Å²) in [4.78, 5) is 8.00. The number of nitrogens with zero attached hydrogens (tertiary/aromatic N) is 2. The Bertz CT molecular complexity index is 269. The van der Waals surface area contributed by atoms with Crippen LogP contribution in [0.15, 0.2) is 6.07 Å². The standard InChI is InChI=1S/C9H14N2O3/c1-4-5-14-9-10-7(12-2)6-8(11-9)13-3/h6H,4-5H2,1-3H3. The Labute approximate surface area is 83.0 Å². The van der Waals surface area contributed by atoms with Crippen LogP contribution in [-0.4, -0.2) is 30.8 Å². The van der Waals surface area contributed by atoms with Crippen LogP contribution in [0.5, 0.6) is 17.8 Å². The van der Waals surface area contributed by atoms with E-state index in [1.54, 1.807) is 6.07 Å². The zero-order valence-electron chi connectivity index (χ0n) is 8.61. The van der Waals surface area contributed by atoms with Crippen LogP contribution in [0.2, 0.25) is 0 Å². The number of ether oxygens (including phenoxy) is 3. The molecular weight excluding hydrogens is 184 g/mol. The number of methoxy groups -OCH3 is 2. The summed E-state index contributed by atoms with van der Waals surface area (Å²) in [6.07, 6.45) is 0.906. The van der Waals surface area contributed by atoms with Gasteiger partial charge in [-0.3, -0.25) is 0 Å². The van der Waals surface area contributed by atoms with Crippen molar-refractivity contribution in [1.29, 1.82) is 0 Å². The van der Waals surface area contributed by atoms with Gasteiger partial charge in [0, 0.05) is 0 Å². The van der Waals surface area contributed by atoms with Crippen molar-refractivity contribution < 1.29 is 14.2 Å². The fourth-order valence-electron chi connectivity index (χ4n) is 0.851. The molecule has 0 saturated heterocycles. The normalized spacial score (nSPS) is 9.64. The molecule has 0 N–H and O–H groups in total. The lowest BCUT2D eigenvalue weighted by Crippen LogP contribution is -2.02. The van der Waals surface area contributed by atoms with Crippen molar-refractivity contribution in [1.82, 2.24) is 9.97 Å². The van der Waals surface area contributed by atoms with Crippen molar-refractivity contribution >= 4 is 0 Å². The van der Waals surface area contributed by atoms with Crippen LogP contribution < -0.4 is 14.2 Å². The van der Waals surface area contributed by atoms with Gasteiger partial charge in [0.2, 0.25) is 11.8 Å². The van der Waals surface area contributed by atoms with E-state index in [9.17, 15) is 0 Å². The van der Waals surface area contributed by atoms with Crippen molar-refractivity contribution in [2.24, 2.45) is 0 Å². The average Bonchev–Trinajstić information content (AvgIpc) is 2.25. The highest BCUT2D eigenvalue weighted by Crippen LogP contribution is 2.18. The fraction of sp³-hybridized carbons (Fsp3) is 0.556. The van der Waals surface area contributed by atoms with Crippen LogP contribution in [0.4, 0.5) is 0 Å². The first kappa shape index (κ1) is 10.6. The van der Waals surface area contributed by atoms with Gasteiger partial charge in [0.15, 0.2) is 0 Å². The van der Waals surface area contributed by atoms with Gasteiger partial charge >= 0.3 is 6.01 Å². The topological polar surface area (TPSA) is 53.5 Å². The van der Waals surface area contributed by atoms with Gasteiger partial charge in [-0.2, -0.15) is 9.97 Å². The average molecular weight is 198 g/mol. The van der Waals surface area contributed by atoms with Gasteiger partial charge < -0.3 is 14.2 Å². The minimum Gasteiger partial charge on any atom is -0.481 e. The third kappa shape index (κ3) is 2.76. The first-order valence-corrected chi connectivity index (χ1v) is 4.40. The van der Waals surface area contributed by atoms with Crippen LogP contribution in [0.1, 0.15) is 13.3 Å². The summed E-state index contributed by atoms with van der Waals surface area (Å²) in [5, 5.41) is 0. The molecule has 14 heavy (non-hydrogen) atoms. The van der Waals surface area contributed by atoms with E-state index in [1.165, 1.54) is 14.2 Å². The van der Waals surface area contributed by atoms with Gasteiger partial charge in [0.05, 0.1) is 26.9 Å². The van der Waals surface area contributed by atoms with Gasteiger partial charge in [-0.1, -0.05) is 6.92 Å². The van der Waals surface area contributed by atoms with Crippen molar-refractivity contribution in [3.63, 3.8) is 0 Å². The molecule has 0 atom stereocenters. The van der Waals surface area contributed by atoms with E-state index in [0.29, 0.717) is 18.4 Å². The summed E-state index contributed by atoms with van der Waals surface area (Å²) in [5.41, 5.74) is 0. The molecule has 1 aromatic rings. The molecule has 5 nitrogen and oxygen atoms in total. The summed E-state index contributed by atoms with van der Waals surface area (Å²) < 4.78 is 15.2. The summed E-state index contributed by atoms with van der Waals surface area (Å²) in [7, 11) is 3.07. The van der Waals surface area contributed by atoms with Crippen molar-refractivity contribution in [3.05, 3.63) is 6.07 Å². The van der Waals surface area contributed by atoms with Gasteiger partial charge in [-0.15, -0.1) is 0 Å². The molecule has 0 fully saturated rings. The molecule has 5 heteroatoms. The Kier molecular flexibility index (Phi) is 3.97. The van der Waals surface area contributed by atoms with E-state index in [4.69, 9.17) is 14.2 Å². The minimum absolute atomic E-state index is 0.281. The quantitative estimate of drug-likeness (QED) is 0.713. The molecule has 1 aromatic heterocycles. The van der Waals surface area contributed by atoms with E-state index < -0.39 is 0 Å². The van der Waals surface area contributed by atoms with Crippen LogP contribution >= 0.6 is 0 Å². The SMILES string of the molecule is CCCOc1nc(OC)cc(OC)n1. The van der Waals surface area contributed by atoms with E-state index in [2.05, 4.69) is 9.97 Å². The molecule has 0 spiro atoms. The fourth-order valence-corrected chi connectivity index (χ4v) is 0.851. The monoisotopic (exact) mass is 198 g/mol. The number of hydrogen-bond donors (Lipinski definition) is 0. The maximum Gasteiger partial charge on any atom is 0.323 e. The van der Waals surface area contributed by atoms with Crippen molar-refractivity contribution in [2.75, 3.05) is 20.8 Å². The third-order valence-electron chi connectivity index (χ3n) is 1.51. The molecular formula is C9H14N2O3. The molecule has 0 saturated carbocycles. The molecule has 0 aromatic carbocycles. The summed E-state index contributed by atoms with van der Waals surface area (Å²) in [6, 6.07) is 1.88. The molecule has 1 rings (SSSR count). The van der Waals surface area contributed by atoms with E-state index in [-0.39, 0.29) is 6.01 Å². The second-order valence-electron chi connectivity index (χ2n) is 2.58. The van der Waals surface area contributed by atoms with Gasteiger partial charge in [0.25, 0.3) is 0 Å². The minimum atomic E-state index is 0.281. The molecule has 0 aliphatic rings. The van der Waals surface area contributed by atoms with Crippen molar-refractivity contribution in [2.45, 2.75) is 13.3 Å². The Morgan fingerprint density at radius 2 is 1.71 bits per heavy atom. The Morgan fingerprint density at radius 3 is 2.14 bits per heavy atom. The lowest BCUT2D eigenvalue weighted by molar-refractivity contribution is 0.276. The third-order valence-corrected chi connectivity index (χ3v) is 1.51. The van der Waals surface area contributed by atoms with Crippen LogP contribution in [-0.2, 0) is 0 Å². The second kappa shape index (κ2) is 5.26. The van der Waals surface area contributed by atoms with Gasteiger partial charge in [-0.05, 0) is 6.42 Å². The van der Waals surface area contributed by atoms with E-state index in [1.807, 2.05) is 6.92 Å². The predicted octanol–water partition coefficient (Wildman–Crippen LogP) is 1.28. The summed E-state index contributed by atoms with van der Waals surface area (Å²) in [5.74, 6) is 0.867. The number of hydrogen-bond acceptors (Lipinski definition) is 5. The molecule has 1 heterocycles. The maximum atomic E-state index is 5.26. The summed E-state index contributed by atoms with van der Waals surface area (Å²) >= 11 is 0. The molecule has 0 amide bonds. The first-order valence-electron chi connectivity index (χ1n) is 4.40. The molecule has 78 valence electrons. The second-order valence-corrected chi connectivity index (χ2v) is 2.58. The molecule has 0 unspecified atom stereocenters. The zero-order valence-corrected chi connectivity index (χ0v) is 8.61. The Balaban J connectivity index is 2.81. The van der Waals surface area contributed by atoms with Crippen molar-refractivity contribution in [3.8, 4) is 17.8 Å². The maximum absolute atomic E-state index is 5.26. The molecule has 0 bridgehead atoms. The largest absolute Gasteiger partial charge is 0.481 e. The number of aromatic nitrogens is 2. The van der Waals surface area contributed by atoms with Gasteiger partial charge in [0.1, 0.15) is 0 Å². The van der Waals surface area contributed by atoms with Crippen LogP contribution in [0, 0.1) is 0 Å². The lowest BCUT2D eigenvalue weighted by atomic mass is 10.5. The number of rotatable bonds is 5. The Morgan fingerprint density at radius 1 is 1.14 bits per heavy atom. The highest BCUT2D eigenvalue weighted by Gasteiger charge is 2.05. The highest BCUT2D eigenvalue weighted by molar-refractivity contribution is 5.22. The smallest absolute Gasteiger partial charge is 0.323 e. The van der Waals surface area contributed by atoms with E-state index >= 15 is 0 Å². The zero-order chi connectivity index (χ0) is 10.4. The Hall–Kier alpha value is -1.52.